The van der Waals surface area contributed by atoms with Gasteiger partial charge in [0.1, 0.15) is 10.5 Å². The first-order valence-electron chi connectivity index (χ1n) is 3.93. The number of hydrogen-bond donors (Lipinski definition) is 1. The molecule has 0 rings (SSSR count). The molecule has 0 radical (unpaired) electrons. The maximum absolute atomic E-state index is 5.61. The second kappa shape index (κ2) is 5.06. The molecule has 0 amide bonds. The standard InChI is InChI=1S/C6H19NOSi2/c1-3-10(2,8-9)6-4-5-7/h3-7H2,1-2,9H3. The summed E-state index contributed by atoms with van der Waals surface area (Å²) in [6.45, 7) is 5.34. The van der Waals surface area contributed by atoms with Crippen LogP contribution in [0.4, 0.5) is 0 Å². The number of hydrogen-bond acceptors (Lipinski definition) is 2. The highest BCUT2D eigenvalue weighted by Crippen LogP contribution is 2.16. The summed E-state index contributed by atoms with van der Waals surface area (Å²) in [5.74, 6) is 0. The zero-order valence-electron chi connectivity index (χ0n) is 7.31. The molecule has 0 bridgehead atoms. The quantitative estimate of drug-likeness (QED) is 0.610. The average molecular weight is 177 g/mol. The van der Waals surface area contributed by atoms with E-state index >= 15 is 0 Å². The molecule has 0 aliphatic rings. The largest absolute Gasteiger partial charge is 0.463 e. The van der Waals surface area contributed by atoms with Gasteiger partial charge in [-0.15, -0.1) is 0 Å². The molecule has 0 saturated carbocycles. The predicted molar refractivity (Wildman–Crippen MR) is 51.6 cm³/mol. The minimum absolute atomic E-state index is 0.813. The molecule has 0 aromatic heterocycles. The van der Waals surface area contributed by atoms with Crippen LogP contribution in [0.5, 0.6) is 0 Å². The van der Waals surface area contributed by atoms with E-state index in [-0.39, 0.29) is 0 Å². The molecule has 10 heavy (non-hydrogen) atoms. The zero-order chi connectivity index (χ0) is 8.04. The maximum atomic E-state index is 5.61. The van der Waals surface area contributed by atoms with Crippen molar-refractivity contribution in [1.29, 1.82) is 0 Å². The van der Waals surface area contributed by atoms with Crippen LogP contribution in [-0.4, -0.2) is 25.3 Å². The van der Waals surface area contributed by atoms with E-state index in [4.69, 9.17) is 9.85 Å². The molecule has 4 heteroatoms. The summed E-state index contributed by atoms with van der Waals surface area (Å²) in [6, 6.07) is 2.47. The molecule has 0 aromatic carbocycles. The molecule has 0 heterocycles. The second-order valence-electron chi connectivity index (χ2n) is 2.90. The number of rotatable bonds is 5. The lowest BCUT2D eigenvalue weighted by Crippen LogP contribution is -2.32. The van der Waals surface area contributed by atoms with Crippen LogP contribution in [0.1, 0.15) is 13.3 Å². The Morgan fingerprint density at radius 3 is 2.50 bits per heavy atom. The molecule has 2 N–H and O–H groups in total. The average Bonchev–Trinajstić information content (AvgIpc) is 2.00. The zero-order valence-corrected chi connectivity index (χ0v) is 10.3. The maximum Gasteiger partial charge on any atom is 0.175 e. The van der Waals surface area contributed by atoms with Gasteiger partial charge in [-0.25, -0.2) is 0 Å². The SMILES string of the molecule is CC[Si](C)(CCCN)O[SiH3]. The third-order valence-corrected chi connectivity index (χ3v) is 9.00. The molecule has 1 unspecified atom stereocenters. The minimum Gasteiger partial charge on any atom is -0.463 e. The van der Waals surface area contributed by atoms with Crippen molar-refractivity contribution >= 4 is 18.8 Å². The summed E-state index contributed by atoms with van der Waals surface area (Å²) in [4.78, 5) is 0. The van der Waals surface area contributed by atoms with Crippen LogP contribution in [0.3, 0.4) is 0 Å². The summed E-state index contributed by atoms with van der Waals surface area (Å²) in [5, 5.41) is 0. The van der Waals surface area contributed by atoms with Gasteiger partial charge in [-0.05, 0) is 31.6 Å². The summed E-state index contributed by atoms with van der Waals surface area (Å²) < 4.78 is 5.61. The van der Waals surface area contributed by atoms with Crippen molar-refractivity contribution in [2.45, 2.75) is 32.0 Å². The lowest BCUT2D eigenvalue weighted by molar-refractivity contribution is 0.589. The summed E-state index contributed by atoms with van der Waals surface area (Å²) in [5.41, 5.74) is 5.42. The van der Waals surface area contributed by atoms with Gasteiger partial charge < -0.3 is 9.85 Å². The lowest BCUT2D eigenvalue weighted by Gasteiger charge is -2.23. The van der Waals surface area contributed by atoms with Crippen LogP contribution < -0.4 is 5.73 Å². The molecule has 0 fully saturated rings. The molecular weight excluding hydrogens is 158 g/mol. The predicted octanol–water partition coefficient (Wildman–Crippen LogP) is 0.227. The molecule has 0 aliphatic carbocycles. The third-order valence-electron chi connectivity index (χ3n) is 2.15. The Morgan fingerprint density at radius 1 is 1.60 bits per heavy atom. The highest BCUT2D eigenvalue weighted by molar-refractivity contribution is 6.74. The van der Waals surface area contributed by atoms with Crippen molar-refractivity contribution < 1.29 is 4.12 Å². The van der Waals surface area contributed by atoms with Gasteiger partial charge in [-0.1, -0.05) is 6.92 Å². The Morgan fingerprint density at radius 2 is 2.20 bits per heavy atom. The van der Waals surface area contributed by atoms with Crippen molar-refractivity contribution in [3.63, 3.8) is 0 Å². The van der Waals surface area contributed by atoms with Gasteiger partial charge in [0, 0.05) is 0 Å². The molecule has 0 aromatic rings. The van der Waals surface area contributed by atoms with Crippen LogP contribution in [0.15, 0.2) is 0 Å². The van der Waals surface area contributed by atoms with E-state index < -0.39 is 8.32 Å². The summed E-state index contributed by atoms with van der Waals surface area (Å²) in [6.07, 6.45) is 1.14. The van der Waals surface area contributed by atoms with Crippen molar-refractivity contribution in [3.05, 3.63) is 0 Å². The van der Waals surface area contributed by atoms with E-state index in [9.17, 15) is 0 Å². The van der Waals surface area contributed by atoms with Crippen LogP contribution >= 0.6 is 0 Å². The molecular formula is C6H19NOSi2. The molecule has 0 spiro atoms. The molecule has 62 valence electrons. The van der Waals surface area contributed by atoms with E-state index in [1.54, 1.807) is 0 Å². The van der Waals surface area contributed by atoms with E-state index in [1.807, 2.05) is 0 Å². The van der Waals surface area contributed by atoms with Gasteiger partial charge in [0.15, 0.2) is 8.32 Å². The first-order chi connectivity index (χ1) is 4.68. The normalized spacial score (nSPS) is 17.1. The van der Waals surface area contributed by atoms with E-state index in [1.165, 1.54) is 12.1 Å². The third kappa shape index (κ3) is 3.50. The van der Waals surface area contributed by atoms with E-state index in [0.717, 1.165) is 23.5 Å². The Hall–Kier alpha value is 0.354. The molecule has 0 saturated heterocycles. The molecule has 1 atom stereocenters. The Kier molecular flexibility index (Phi) is 5.24. The topological polar surface area (TPSA) is 35.2 Å². The van der Waals surface area contributed by atoms with Crippen molar-refractivity contribution in [2.75, 3.05) is 6.54 Å². The minimum atomic E-state index is -1.24. The highest BCUT2D eigenvalue weighted by Gasteiger charge is 2.22. The van der Waals surface area contributed by atoms with Crippen molar-refractivity contribution in [2.24, 2.45) is 5.73 Å². The second-order valence-corrected chi connectivity index (χ2v) is 8.64. The first kappa shape index (κ1) is 10.4. The van der Waals surface area contributed by atoms with Gasteiger partial charge in [0.25, 0.3) is 0 Å². The van der Waals surface area contributed by atoms with Crippen molar-refractivity contribution in [1.82, 2.24) is 0 Å². The van der Waals surface area contributed by atoms with Gasteiger partial charge in [-0.3, -0.25) is 0 Å². The summed E-state index contributed by atoms with van der Waals surface area (Å²) in [7, 11) is -0.343. The Bertz CT molecular complexity index is 85.8. The molecule has 0 aliphatic heterocycles. The van der Waals surface area contributed by atoms with E-state index in [0.29, 0.717) is 0 Å². The van der Waals surface area contributed by atoms with Crippen LogP contribution in [0.2, 0.25) is 18.6 Å². The molecule has 2 nitrogen and oxygen atoms in total. The van der Waals surface area contributed by atoms with Gasteiger partial charge in [-0.2, -0.15) is 0 Å². The number of nitrogens with two attached hydrogens (primary N) is 1. The highest BCUT2D eigenvalue weighted by atomic mass is 28.4. The van der Waals surface area contributed by atoms with Gasteiger partial charge in [0.2, 0.25) is 0 Å². The first-order valence-corrected chi connectivity index (χ1v) is 7.57. The lowest BCUT2D eigenvalue weighted by atomic mass is 10.5. The smallest absolute Gasteiger partial charge is 0.175 e. The van der Waals surface area contributed by atoms with Crippen LogP contribution in [0.25, 0.3) is 0 Å². The fourth-order valence-corrected chi connectivity index (χ4v) is 4.18. The summed E-state index contributed by atoms with van der Waals surface area (Å²) >= 11 is 0. The van der Waals surface area contributed by atoms with Gasteiger partial charge >= 0.3 is 0 Å². The van der Waals surface area contributed by atoms with Crippen LogP contribution in [-0.2, 0) is 4.12 Å². The Labute approximate surface area is 67.8 Å². The van der Waals surface area contributed by atoms with Crippen molar-refractivity contribution in [3.8, 4) is 0 Å². The van der Waals surface area contributed by atoms with Crippen LogP contribution in [0, 0.1) is 0 Å². The fourth-order valence-electron chi connectivity index (χ4n) is 0.899. The van der Waals surface area contributed by atoms with Gasteiger partial charge in [0.05, 0.1) is 0 Å². The fraction of sp³-hybridized carbons (Fsp3) is 1.00. The van der Waals surface area contributed by atoms with E-state index in [2.05, 4.69) is 13.5 Å². The Balaban J connectivity index is 3.58. The monoisotopic (exact) mass is 177 g/mol.